The lowest BCUT2D eigenvalue weighted by molar-refractivity contribution is -0.126. The number of nitrogens with two attached hydrogens (primary N) is 1. The average molecular weight is 276 g/mol. The highest BCUT2D eigenvalue weighted by Crippen LogP contribution is 2.33. The van der Waals surface area contributed by atoms with Crippen LogP contribution in [0.3, 0.4) is 0 Å². The summed E-state index contributed by atoms with van der Waals surface area (Å²) < 4.78 is 1.94. The van der Waals surface area contributed by atoms with Crippen LogP contribution >= 0.6 is 0 Å². The van der Waals surface area contributed by atoms with E-state index in [0.29, 0.717) is 12.5 Å². The van der Waals surface area contributed by atoms with Gasteiger partial charge in [0.2, 0.25) is 5.91 Å². The molecule has 5 nitrogen and oxygen atoms in total. The Morgan fingerprint density at radius 2 is 2.30 bits per heavy atom. The molecule has 110 valence electrons. The minimum Gasteiger partial charge on any atom is -0.349 e. The number of amides is 1. The number of fused-ring (bicyclic) bond motifs is 1. The lowest BCUT2D eigenvalue weighted by atomic mass is 9.90. The van der Waals surface area contributed by atoms with Crippen molar-refractivity contribution in [3.05, 3.63) is 17.5 Å². The van der Waals surface area contributed by atoms with Gasteiger partial charge in [0.15, 0.2) is 0 Å². The first-order valence-corrected chi connectivity index (χ1v) is 7.72. The second kappa shape index (κ2) is 5.56. The van der Waals surface area contributed by atoms with Gasteiger partial charge < -0.3 is 11.1 Å². The van der Waals surface area contributed by atoms with Crippen LogP contribution < -0.4 is 11.1 Å². The van der Waals surface area contributed by atoms with Gasteiger partial charge in [0.05, 0.1) is 12.2 Å². The number of hydrogen-bond donors (Lipinski definition) is 2. The maximum absolute atomic E-state index is 12.5. The molecule has 1 amide bonds. The van der Waals surface area contributed by atoms with Crippen LogP contribution in [0.2, 0.25) is 0 Å². The van der Waals surface area contributed by atoms with Crippen molar-refractivity contribution < 1.29 is 4.79 Å². The molecular formula is C15H24N4O. The van der Waals surface area contributed by atoms with E-state index in [-0.39, 0.29) is 17.9 Å². The summed E-state index contributed by atoms with van der Waals surface area (Å²) in [6, 6.07) is 0.138. The van der Waals surface area contributed by atoms with Gasteiger partial charge in [0, 0.05) is 24.2 Å². The number of rotatable bonds is 3. The maximum atomic E-state index is 12.5. The van der Waals surface area contributed by atoms with Gasteiger partial charge in [-0.25, -0.2) is 0 Å². The van der Waals surface area contributed by atoms with E-state index in [4.69, 9.17) is 5.73 Å². The number of nitrogens with zero attached hydrogens (tertiary/aromatic N) is 2. The summed E-state index contributed by atoms with van der Waals surface area (Å²) in [4.78, 5) is 12.5. The summed E-state index contributed by atoms with van der Waals surface area (Å²) in [6.45, 7) is 0.626. The van der Waals surface area contributed by atoms with Gasteiger partial charge in [-0.2, -0.15) is 5.10 Å². The minimum absolute atomic E-state index is 0.113. The van der Waals surface area contributed by atoms with Crippen LogP contribution in [0, 0.1) is 11.8 Å². The van der Waals surface area contributed by atoms with Crippen molar-refractivity contribution in [1.82, 2.24) is 15.1 Å². The van der Waals surface area contributed by atoms with Gasteiger partial charge in [-0.05, 0) is 44.6 Å². The Bertz CT molecular complexity index is 496. The number of hydrogen-bond acceptors (Lipinski definition) is 3. The molecule has 1 aromatic heterocycles. The zero-order valence-electron chi connectivity index (χ0n) is 12.1. The number of nitrogens with one attached hydrogen (secondary N) is 1. The number of carbonyl (C=O) groups excluding carboxylic acids is 1. The lowest BCUT2D eigenvalue weighted by Gasteiger charge is -2.26. The smallest absolute Gasteiger partial charge is 0.223 e. The summed E-state index contributed by atoms with van der Waals surface area (Å²) in [6.07, 6.45) is 8.31. The van der Waals surface area contributed by atoms with Gasteiger partial charge in [0.1, 0.15) is 0 Å². The largest absolute Gasteiger partial charge is 0.349 e. The van der Waals surface area contributed by atoms with Crippen molar-refractivity contribution in [2.75, 3.05) is 6.54 Å². The van der Waals surface area contributed by atoms with Crippen molar-refractivity contribution in [3.63, 3.8) is 0 Å². The molecule has 1 heterocycles. The fourth-order valence-electron chi connectivity index (χ4n) is 3.80. The highest BCUT2D eigenvalue weighted by molar-refractivity contribution is 5.79. The van der Waals surface area contributed by atoms with E-state index in [1.54, 1.807) is 0 Å². The Morgan fingerprint density at radius 3 is 3.10 bits per heavy atom. The van der Waals surface area contributed by atoms with Crippen LogP contribution in [0.1, 0.15) is 49.4 Å². The first-order chi connectivity index (χ1) is 9.70. The zero-order valence-corrected chi connectivity index (χ0v) is 12.1. The maximum Gasteiger partial charge on any atom is 0.223 e. The molecule has 1 saturated carbocycles. The molecular weight excluding hydrogens is 252 g/mol. The van der Waals surface area contributed by atoms with Crippen LogP contribution in [0.5, 0.6) is 0 Å². The molecule has 0 bridgehead atoms. The van der Waals surface area contributed by atoms with Gasteiger partial charge in [-0.15, -0.1) is 0 Å². The molecule has 1 aromatic rings. The fourth-order valence-corrected chi connectivity index (χ4v) is 3.80. The normalized spacial score (nSPS) is 29.2. The third kappa shape index (κ3) is 2.35. The van der Waals surface area contributed by atoms with E-state index in [9.17, 15) is 4.79 Å². The second-order valence-corrected chi connectivity index (χ2v) is 6.16. The quantitative estimate of drug-likeness (QED) is 0.873. The molecule has 20 heavy (non-hydrogen) atoms. The summed E-state index contributed by atoms with van der Waals surface area (Å²) in [5.41, 5.74) is 8.25. The van der Waals surface area contributed by atoms with E-state index in [2.05, 4.69) is 10.4 Å². The van der Waals surface area contributed by atoms with Gasteiger partial charge in [-0.3, -0.25) is 9.48 Å². The van der Waals surface area contributed by atoms with Crippen molar-refractivity contribution >= 4 is 5.91 Å². The summed E-state index contributed by atoms with van der Waals surface area (Å²) >= 11 is 0. The topological polar surface area (TPSA) is 72.9 Å². The standard InChI is InChI=1S/C15H24N4O/c1-19-14-7-3-6-13(12(14)9-17-19)18-15(20)11-5-2-4-10(11)8-16/h9-11,13H,2-8,16H2,1H3,(H,18,20). The number of aryl methyl sites for hydroxylation is 1. The molecule has 3 N–H and O–H groups in total. The molecule has 2 aliphatic rings. The Hall–Kier alpha value is -1.36. The SMILES string of the molecule is Cn1ncc2c1CCCC2NC(=O)C1CCCC1CN. The predicted molar refractivity (Wildman–Crippen MR) is 76.9 cm³/mol. The molecule has 3 atom stereocenters. The van der Waals surface area contributed by atoms with Crippen molar-refractivity contribution in [3.8, 4) is 0 Å². The third-order valence-corrected chi connectivity index (χ3v) is 4.99. The van der Waals surface area contributed by atoms with Crippen LogP contribution in [0.15, 0.2) is 6.20 Å². The highest BCUT2D eigenvalue weighted by Gasteiger charge is 2.34. The second-order valence-electron chi connectivity index (χ2n) is 6.16. The van der Waals surface area contributed by atoms with Crippen molar-refractivity contribution in [2.24, 2.45) is 24.6 Å². The summed E-state index contributed by atoms with van der Waals surface area (Å²) in [5.74, 6) is 0.675. The molecule has 0 saturated heterocycles. The molecule has 3 rings (SSSR count). The van der Waals surface area contributed by atoms with E-state index < -0.39 is 0 Å². The summed E-state index contributed by atoms with van der Waals surface area (Å²) in [5, 5.41) is 7.58. The Labute approximate surface area is 119 Å². The Balaban J connectivity index is 1.71. The van der Waals surface area contributed by atoms with Crippen LogP contribution in [0.25, 0.3) is 0 Å². The number of aromatic nitrogens is 2. The number of carbonyl (C=O) groups is 1. The van der Waals surface area contributed by atoms with Crippen LogP contribution in [-0.2, 0) is 18.3 Å². The van der Waals surface area contributed by atoms with E-state index in [1.807, 2.05) is 17.9 Å². The molecule has 0 aliphatic heterocycles. The van der Waals surface area contributed by atoms with Crippen LogP contribution in [-0.4, -0.2) is 22.2 Å². The van der Waals surface area contributed by atoms with E-state index in [1.165, 1.54) is 11.3 Å². The van der Waals surface area contributed by atoms with Gasteiger partial charge in [-0.1, -0.05) is 6.42 Å². The van der Waals surface area contributed by atoms with E-state index in [0.717, 1.165) is 38.5 Å². The fraction of sp³-hybridized carbons (Fsp3) is 0.733. The summed E-state index contributed by atoms with van der Waals surface area (Å²) in [7, 11) is 1.98. The molecule has 3 unspecified atom stereocenters. The van der Waals surface area contributed by atoms with E-state index >= 15 is 0 Å². The van der Waals surface area contributed by atoms with Crippen LogP contribution in [0.4, 0.5) is 0 Å². The van der Waals surface area contributed by atoms with Gasteiger partial charge in [0.25, 0.3) is 0 Å². The predicted octanol–water partition coefficient (Wildman–Crippen LogP) is 1.29. The van der Waals surface area contributed by atoms with Gasteiger partial charge >= 0.3 is 0 Å². The minimum atomic E-state index is 0.113. The highest BCUT2D eigenvalue weighted by atomic mass is 16.2. The first kappa shape index (κ1) is 13.6. The third-order valence-electron chi connectivity index (χ3n) is 4.99. The molecule has 1 fully saturated rings. The lowest BCUT2D eigenvalue weighted by Crippen LogP contribution is -2.38. The van der Waals surface area contributed by atoms with Crippen molar-refractivity contribution in [1.29, 1.82) is 0 Å². The Morgan fingerprint density at radius 1 is 1.45 bits per heavy atom. The average Bonchev–Trinajstić information content (AvgIpc) is 3.06. The van der Waals surface area contributed by atoms with Crippen molar-refractivity contribution in [2.45, 2.75) is 44.6 Å². The molecule has 2 aliphatic carbocycles. The molecule has 0 aromatic carbocycles. The zero-order chi connectivity index (χ0) is 14.1. The molecule has 0 radical (unpaired) electrons. The Kier molecular flexibility index (Phi) is 3.78. The monoisotopic (exact) mass is 276 g/mol. The first-order valence-electron chi connectivity index (χ1n) is 7.72. The molecule has 5 heteroatoms. The molecule has 0 spiro atoms.